The number of primary sulfonamides is 1. The van der Waals surface area contributed by atoms with Crippen LogP contribution in [0.25, 0.3) is 0 Å². The average Bonchev–Trinajstić information content (AvgIpc) is 2.76. The number of allylic oxidation sites excluding steroid dienone is 1. The molecule has 0 heterocycles. The molecule has 0 aliphatic carbocycles. The highest BCUT2D eigenvalue weighted by Crippen LogP contribution is 2.24. The number of nitrogens with two attached hydrogens (primary N) is 2. The number of sulfonamides is 1. The van der Waals surface area contributed by atoms with E-state index in [1.807, 2.05) is 0 Å². The van der Waals surface area contributed by atoms with Gasteiger partial charge in [0.15, 0.2) is 0 Å². The van der Waals surface area contributed by atoms with Crippen molar-refractivity contribution in [2.75, 3.05) is 13.1 Å². The molecule has 0 fully saturated rings. The Morgan fingerprint density at radius 3 is 2.09 bits per heavy atom. The number of halogens is 3. The molecule has 0 saturated carbocycles. The van der Waals surface area contributed by atoms with E-state index in [1.165, 1.54) is 24.3 Å². The average molecular weight is 483 g/mol. The zero-order valence-corrected chi connectivity index (χ0v) is 17.8. The van der Waals surface area contributed by atoms with Crippen molar-refractivity contribution in [1.82, 2.24) is 10.6 Å². The molecule has 0 aliphatic rings. The van der Waals surface area contributed by atoms with Crippen LogP contribution in [-0.2, 0) is 14.8 Å². The van der Waals surface area contributed by atoms with Crippen LogP contribution in [0.1, 0.15) is 10.4 Å². The molecule has 33 heavy (non-hydrogen) atoms. The minimum atomic E-state index is -4.95. The molecule has 2 amide bonds. The van der Waals surface area contributed by atoms with Crippen LogP contribution < -0.4 is 21.5 Å². The van der Waals surface area contributed by atoms with Crippen molar-refractivity contribution in [3.8, 4) is 0 Å². The van der Waals surface area contributed by atoms with Gasteiger partial charge in [-0.25, -0.2) is 13.6 Å². The van der Waals surface area contributed by atoms with Gasteiger partial charge < -0.3 is 16.4 Å². The third kappa shape index (κ3) is 7.73. The normalized spacial score (nSPS) is 12.8. The number of carbonyl (C=O) groups excluding carboxylic acids is 2. The Morgan fingerprint density at radius 1 is 0.970 bits per heavy atom. The van der Waals surface area contributed by atoms with Gasteiger partial charge >= 0.3 is 6.18 Å². The summed E-state index contributed by atoms with van der Waals surface area (Å²) < 4.78 is 61.6. The number of hydrogen-bond donors (Lipinski definition) is 4. The van der Waals surface area contributed by atoms with Crippen LogP contribution in [0.4, 0.5) is 18.9 Å². The number of aliphatic imine (C=N–C) groups is 1. The van der Waals surface area contributed by atoms with Gasteiger partial charge in [-0.05, 0) is 36.4 Å². The van der Waals surface area contributed by atoms with Crippen LogP contribution in [0.15, 0.2) is 75.8 Å². The predicted octanol–water partition coefficient (Wildman–Crippen LogP) is 1.36. The van der Waals surface area contributed by atoms with E-state index in [1.54, 1.807) is 18.2 Å². The van der Waals surface area contributed by atoms with Crippen LogP contribution in [0.3, 0.4) is 0 Å². The molecule has 0 aromatic heterocycles. The monoisotopic (exact) mass is 483 g/mol. The third-order valence-corrected chi connectivity index (χ3v) is 5.01. The van der Waals surface area contributed by atoms with E-state index in [-0.39, 0.29) is 23.5 Å². The lowest BCUT2D eigenvalue weighted by molar-refractivity contribution is -0.118. The Hall–Kier alpha value is -3.71. The molecule has 2 rings (SSSR count). The van der Waals surface area contributed by atoms with Crippen LogP contribution in [-0.4, -0.2) is 45.7 Å². The largest absolute Gasteiger partial charge is 0.431 e. The maximum Gasteiger partial charge on any atom is 0.431 e. The van der Waals surface area contributed by atoms with Gasteiger partial charge in [-0.2, -0.15) is 13.2 Å². The number of rotatable bonds is 8. The number of nitrogens with zero attached hydrogens (tertiary/aromatic N) is 1. The molecule has 0 bridgehead atoms. The minimum absolute atomic E-state index is 0.116. The molecule has 0 unspecified atom stereocenters. The molecule has 0 saturated heterocycles. The molecule has 9 nitrogen and oxygen atoms in total. The van der Waals surface area contributed by atoms with Crippen molar-refractivity contribution in [2.45, 2.75) is 11.1 Å². The molecule has 13 heteroatoms. The number of carbonyl (C=O) groups is 2. The highest BCUT2D eigenvalue weighted by molar-refractivity contribution is 7.89. The predicted molar refractivity (Wildman–Crippen MR) is 115 cm³/mol. The topological polar surface area (TPSA) is 157 Å². The molecule has 0 atom stereocenters. The van der Waals surface area contributed by atoms with Crippen molar-refractivity contribution in [1.29, 1.82) is 0 Å². The quantitative estimate of drug-likeness (QED) is 0.253. The summed E-state index contributed by atoms with van der Waals surface area (Å²) in [4.78, 5) is 28.0. The zero-order chi connectivity index (χ0) is 24.6. The van der Waals surface area contributed by atoms with Crippen molar-refractivity contribution >= 4 is 33.7 Å². The number of para-hydroxylation sites is 1. The van der Waals surface area contributed by atoms with Crippen LogP contribution >= 0.6 is 0 Å². The fraction of sp³-hybridized carbons (Fsp3) is 0.150. The molecule has 2 aromatic rings. The second-order valence-electron chi connectivity index (χ2n) is 6.50. The molecule has 176 valence electrons. The Kier molecular flexibility index (Phi) is 8.32. The number of benzene rings is 2. The van der Waals surface area contributed by atoms with E-state index in [0.717, 1.165) is 18.3 Å². The highest BCUT2D eigenvalue weighted by atomic mass is 32.2. The lowest BCUT2D eigenvalue weighted by atomic mass is 10.2. The first-order chi connectivity index (χ1) is 15.4. The van der Waals surface area contributed by atoms with Crippen molar-refractivity contribution in [3.63, 3.8) is 0 Å². The summed E-state index contributed by atoms with van der Waals surface area (Å²) in [6.45, 7) is -0.343. The summed E-state index contributed by atoms with van der Waals surface area (Å²) in [7, 11) is -3.91. The summed E-state index contributed by atoms with van der Waals surface area (Å²) in [6, 6.07) is 12.8. The first kappa shape index (κ1) is 25.5. The van der Waals surface area contributed by atoms with Crippen LogP contribution in [0, 0.1) is 0 Å². The Balaban J connectivity index is 1.99. The van der Waals surface area contributed by atoms with E-state index in [9.17, 15) is 31.2 Å². The van der Waals surface area contributed by atoms with Crippen molar-refractivity contribution < 1.29 is 31.2 Å². The van der Waals surface area contributed by atoms with E-state index in [4.69, 9.17) is 10.9 Å². The molecular weight excluding hydrogens is 463 g/mol. The third-order valence-electron chi connectivity index (χ3n) is 4.08. The van der Waals surface area contributed by atoms with Gasteiger partial charge in [0.2, 0.25) is 10.0 Å². The lowest BCUT2D eigenvalue weighted by Crippen LogP contribution is -2.37. The Morgan fingerprint density at radius 2 is 1.55 bits per heavy atom. The number of alkyl halides is 3. The van der Waals surface area contributed by atoms with Crippen LogP contribution in [0.5, 0.6) is 0 Å². The SMILES string of the molecule is NC(=C(C=Nc1ccccc1)C(=O)NCCNC(=O)c1ccc(S(N)(=O)=O)cc1)C(F)(F)F. The van der Waals surface area contributed by atoms with Gasteiger partial charge in [0.1, 0.15) is 5.70 Å². The molecule has 6 N–H and O–H groups in total. The first-order valence-electron chi connectivity index (χ1n) is 9.25. The van der Waals surface area contributed by atoms with E-state index < -0.39 is 39.3 Å². The Bertz CT molecular complexity index is 1160. The van der Waals surface area contributed by atoms with Gasteiger partial charge in [0.05, 0.1) is 16.2 Å². The van der Waals surface area contributed by atoms with Gasteiger partial charge in [-0.1, -0.05) is 18.2 Å². The molecule has 0 spiro atoms. The van der Waals surface area contributed by atoms with E-state index in [0.29, 0.717) is 5.69 Å². The number of nitrogens with one attached hydrogen (secondary N) is 2. The second-order valence-corrected chi connectivity index (χ2v) is 8.06. The van der Waals surface area contributed by atoms with E-state index >= 15 is 0 Å². The molecule has 0 aliphatic heterocycles. The zero-order valence-electron chi connectivity index (χ0n) is 17.0. The standard InChI is InChI=1S/C20H20F3N5O4S/c21-20(22,23)17(24)16(12-28-14-4-2-1-3-5-14)19(30)27-11-10-26-18(29)13-6-8-15(9-7-13)33(25,31)32/h1-9,12H,10-11,24H2,(H,26,29)(H,27,30)(H2,25,31,32). The summed E-state index contributed by atoms with van der Waals surface area (Å²) in [6.07, 6.45) is -4.23. The summed E-state index contributed by atoms with van der Waals surface area (Å²) >= 11 is 0. The number of amides is 2. The van der Waals surface area contributed by atoms with Gasteiger partial charge in [-0.3, -0.25) is 14.6 Å². The van der Waals surface area contributed by atoms with Crippen molar-refractivity contribution in [2.24, 2.45) is 15.9 Å². The summed E-state index contributed by atoms with van der Waals surface area (Å²) in [5.41, 5.74) is 3.06. The smallest absolute Gasteiger partial charge is 0.394 e. The van der Waals surface area contributed by atoms with Gasteiger partial charge in [-0.15, -0.1) is 0 Å². The maximum absolute atomic E-state index is 13.0. The highest BCUT2D eigenvalue weighted by Gasteiger charge is 2.35. The van der Waals surface area contributed by atoms with Gasteiger partial charge in [0, 0.05) is 24.9 Å². The molecule has 0 radical (unpaired) electrons. The number of hydrogen-bond acceptors (Lipinski definition) is 6. The van der Waals surface area contributed by atoms with E-state index in [2.05, 4.69) is 15.6 Å². The van der Waals surface area contributed by atoms with Crippen LogP contribution in [0.2, 0.25) is 0 Å². The molecule has 2 aromatic carbocycles. The minimum Gasteiger partial charge on any atom is -0.394 e. The Labute approximate surface area is 187 Å². The summed E-state index contributed by atoms with van der Waals surface area (Å²) in [5.74, 6) is -1.72. The summed E-state index contributed by atoms with van der Waals surface area (Å²) in [5, 5.41) is 9.64. The van der Waals surface area contributed by atoms with Gasteiger partial charge in [0.25, 0.3) is 11.8 Å². The fourth-order valence-electron chi connectivity index (χ4n) is 2.40. The molecular formula is C20H20F3N5O4S. The first-order valence-corrected chi connectivity index (χ1v) is 10.8. The van der Waals surface area contributed by atoms with Crippen molar-refractivity contribution in [3.05, 3.63) is 71.4 Å². The lowest BCUT2D eigenvalue weighted by Gasteiger charge is -2.12. The second kappa shape index (κ2) is 10.7. The fourth-order valence-corrected chi connectivity index (χ4v) is 2.92. The maximum atomic E-state index is 13.0.